The summed E-state index contributed by atoms with van der Waals surface area (Å²) in [6.45, 7) is -0.0983. The Hall–Kier alpha value is -3.67. The maximum Gasteiger partial charge on any atom is 0.411 e. The molecule has 1 N–H and O–H groups in total. The fourth-order valence-electron chi connectivity index (χ4n) is 3.19. The van der Waals surface area contributed by atoms with Gasteiger partial charge < -0.3 is 4.74 Å². The number of imide groups is 1. The van der Waals surface area contributed by atoms with E-state index in [0.717, 1.165) is 10.3 Å². The van der Waals surface area contributed by atoms with Gasteiger partial charge in [0.2, 0.25) is 0 Å². The van der Waals surface area contributed by atoms with Crippen molar-refractivity contribution in [3.05, 3.63) is 77.9 Å². The first-order valence-corrected chi connectivity index (χ1v) is 8.52. The van der Waals surface area contributed by atoms with E-state index in [4.69, 9.17) is 4.74 Å². The Morgan fingerprint density at radius 1 is 0.852 bits per heavy atom. The molecule has 0 saturated carbocycles. The number of para-hydroxylation sites is 1. The summed E-state index contributed by atoms with van der Waals surface area (Å²) in [6.07, 6.45) is -0.638. The van der Waals surface area contributed by atoms with Crippen LogP contribution in [0, 0.1) is 0 Å². The zero-order chi connectivity index (χ0) is 18.8. The molecule has 0 radical (unpaired) electrons. The first-order chi connectivity index (χ1) is 13.1. The van der Waals surface area contributed by atoms with Crippen molar-refractivity contribution in [2.45, 2.75) is 0 Å². The van der Waals surface area contributed by atoms with Gasteiger partial charge in [-0.1, -0.05) is 42.5 Å². The van der Waals surface area contributed by atoms with Crippen LogP contribution in [0.2, 0.25) is 0 Å². The first-order valence-electron chi connectivity index (χ1n) is 8.52. The van der Waals surface area contributed by atoms with Gasteiger partial charge in [-0.3, -0.25) is 19.8 Å². The minimum absolute atomic E-state index is 0.00933. The number of anilines is 1. The quantitative estimate of drug-likeness (QED) is 0.720. The second-order valence-corrected chi connectivity index (χ2v) is 6.10. The number of amides is 3. The minimum Gasteiger partial charge on any atom is -0.447 e. The summed E-state index contributed by atoms with van der Waals surface area (Å²) < 4.78 is 5.11. The van der Waals surface area contributed by atoms with Crippen molar-refractivity contribution in [3.8, 4) is 0 Å². The van der Waals surface area contributed by atoms with E-state index in [9.17, 15) is 14.4 Å². The number of nitrogens with zero attached hydrogens (tertiary/aromatic N) is 1. The van der Waals surface area contributed by atoms with E-state index in [1.807, 2.05) is 18.2 Å². The van der Waals surface area contributed by atoms with Gasteiger partial charge in [0.05, 0.1) is 6.54 Å². The van der Waals surface area contributed by atoms with Crippen LogP contribution >= 0.6 is 0 Å². The van der Waals surface area contributed by atoms with E-state index in [1.54, 1.807) is 48.5 Å². The first kappa shape index (κ1) is 16.8. The predicted molar refractivity (Wildman–Crippen MR) is 101 cm³/mol. The highest BCUT2D eigenvalue weighted by Crippen LogP contribution is 2.29. The Morgan fingerprint density at radius 2 is 1.48 bits per heavy atom. The molecule has 0 spiro atoms. The zero-order valence-corrected chi connectivity index (χ0v) is 14.3. The largest absolute Gasteiger partial charge is 0.447 e. The highest BCUT2D eigenvalue weighted by Gasteiger charge is 2.32. The number of ether oxygens (including phenoxy) is 1. The molecule has 0 aromatic heterocycles. The molecule has 1 heterocycles. The SMILES string of the molecule is O=C(Nc1ccccc1)OCCN1C(=O)c2cccc3cccc(c23)C1=O. The van der Waals surface area contributed by atoms with Crippen LogP contribution in [0.5, 0.6) is 0 Å². The van der Waals surface area contributed by atoms with E-state index < -0.39 is 6.09 Å². The van der Waals surface area contributed by atoms with Crippen LogP contribution in [0.1, 0.15) is 20.7 Å². The van der Waals surface area contributed by atoms with Gasteiger partial charge >= 0.3 is 6.09 Å². The topological polar surface area (TPSA) is 75.7 Å². The highest BCUT2D eigenvalue weighted by atomic mass is 16.5. The molecule has 6 nitrogen and oxygen atoms in total. The summed E-state index contributed by atoms with van der Waals surface area (Å²) in [5.74, 6) is -0.757. The molecule has 6 heteroatoms. The molecule has 1 aliphatic rings. The van der Waals surface area contributed by atoms with Crippen LogP contribution in [-0.4, -0.2) is 36.0 Å². The number of nitrogens with one attached hydrogen (secondary N) is 1. The molecule has 3 amide bonds. The lowest BCUT2D eigenvalue weighted by Gasteiger charge is -2.26. The molecule has 0 aliphatic carbocycles. The van der Waals surface area contributed by atoms with Crippen molar-refractivity contribution in [2.24, 2.45) is 0 Å². The van der Waals surface area contributed by atoms with Gasteiger partial charge in [0.15, 0.2) is 0 Å². The molecule has 4 rings (SSSR count). The molecule has 134 valence electrons. The van der Waals surface area contributed by atoms with Crippen molar-refractivity contribution in [3.63, 3.8) is 0 Å². The van der Waals surface area contributed by atoms with E-state index in [1.165, 1.54) is 0 Å². The van der Waals surface area contributed by atoms with Crippen molar-refractivity contribution >= 4 is 34.4 Å². The van der Waals surface area contributed by atoms with Crippen LogP contribution in [0.15, 0.2) is 66.7 Å². The van der Waals surface area contributed by atoms with Crippen LogP contribution in [-0.2, 0) is 4.74 Å². The molecular formula is C21H16N2O4. The number of carbonyl (C=O) groups excluding carboxylic acids is 3. The van der Waals surface area contributed by atoms with E-state index in [-0.39, 0.29) is 25.0 Å². The Morgan fingerprint density at radius 3 is 2.11 bits per heavy atom. The van der Waals surface area contributed by atoms with Crippen LogP contribution in [0.4, 0.5) is 10.5 Å². The summed E-state index contributed by atoms with van der Waals surface area (Å²) in [6, 6.07) is 19.6. The van der Waals surface area contributed by atoms with Crippen LogP contribution < -0.4 is 5.32 Å². The van der Waals surface area contributed by atoms with Gasteiger partial charge in [0, 0.05) is 22.2 Å². The Kier molecular flexibility index (Phi) is 4.30. The lowest BCUT2D eigenvalue weighted by atomic mass is 9.94. The summed E-state index contributed by atoms with van der Waals surface area (Å²) in [7, 11) is 0. The third-order valence-corrected chi connectivity index (χ3v) is 4.42. The normalized spacial score (nSPS) is 13.0. The number of hydrogen-bond acceptors (Lipinski definition) is 4. The Balaban J connectivity index is 1.45. The standard InChI is InChI=1S/C21H16N2O4/c24-19-16-10-4-6-14-7-5-11-17(18(14)16)20(25)23(19)12-13-27-21(26)22-15-8-2-1-3-9-15/h1-11H,12-13H2,(H,22,26). The average Bonchev–Trinajstić information content (AvgIpc) is 2.69. The highest BCUT2D eigenvalue weighted by molar-refractivity contribution is 6.25. The van der Waals surface area contributed by atoms with Crippen molar-refractivity contribution < 1.29 is 19.1 Å². The third-order valence-electron chi connectivity index (χ3n) is 4.42. The van der Waals surface area contributed by atoms with Gasteiger partial charge in [0.1, 0.15) is 6.61 Å². The van der Waals surface area contributed by atoms with E-state index in [0.29, 0.717) is 22.2 Å². The molecule has 3 aromatic rings. The number of carbonyl (C=O) groups is 3. The van der Waals surface area contributed by atoms with Crippen LogP contribution in [0.25, 0.3) is 10.8 Å². The second-order valence-electron chi connectivity index (χ2n) is 6.10. The maximum absolute atomic E-state index is 12.7. The molecule has 0 unspecified atom stereocenters. The van der Waals surface area contributed by atoms with Crippen LogP contribution in [0.3, 0.4) is 0 Å². The van der Waals surface area contributed by atoms with Crippen molar-refractivity contribution in [1.29, 1.82) is 0 Å². The number of benzene rings is 3. The molecule has 3 aromatic carbocycles. The molecule has 1 aliphatic heterocycles. The Bertz CT molecular complexity index is 996. The minimum atomic E-state index is -0.638. The van der Waals surface area contributed by atoms with Gasteiger partial charge in [-0.25, -0.2) is 4.79 Å². The van der Waals surface area contributed by atoms with Gasteiger partial charge in [-0.05, 0) is 29.7 Å². The van der Waals surface area contributed by atoms with Crippen molar-refractivity contribution in [1.82, 2.24) is 4.90 Å². The lowest BCUT2D eigenvalue weighted by Crippen LogP contribution is -2.42. The summed E-state index contributed by atoms with van der Waals surface area (Å²) >= 11 is 0. The van der Waals surface area contributed by atoms with E-state index in [2.05, 4.69) is 5.32 Å². The van der Waals surface area contributed by atoms with Crippen molar-refractivity contribution in [2.75, 3.05) is 18.5 Å². The molecule has 27 heavy (non-hydrogen) atoms. The van der Waals surface area contributed by atoms with Gasteiger partial charge in [-0.15, -0.1) is 0 Å². The third kappa shape index (κ3) is 3.13. The molecule has 0 atom stereocenters. The van der Waals surface area contributed by atoms with Gasteiger partial charge in [0.25, 0.3) is 11.8 Å². The summed E-state index contributed by atoms with van der Waals surface area (Å²) in [5.41, 5.74) is 1.57. The Labute approximate surface area is 155 Å². The fraction of sp³-hybridized carbons (Fsp3) is 0.0952. The monoisotopic (exact) mass is 360 g/mol. The fourth-order valence-corrected chi connectivity index (χ4v) is 3.19. The number of hydrogen-bond donors (Lipinski definition) is 1. The number of rotatable bonds is 4. The average molecular weight is 360 g/mol. The summed E-state index contributed by atoms with van der Waals surface area (Å²) in [4.78, 5) is 38.4. The van der Waals surface area contributed by atoms with E-state index >= 15 is 0 Å². The zero-order valence-electron chi connectivity index (χ0n) is 14.3. The molecule has 0 fully saturated rings. The summed E-state index contributed by atoms with van der Waals surface area (Å²) in [5, 5.41) is 4.11. The second kappa shape index (κ2) is 6.92. The molecular weight excluding hydrogens is 344 g/mol. The predicted octanol–water partition coefficient (Wildman–Crippen LogP) is 3.68. The van der Waals surface area contributed by atoms with Gasteiger partial charge in [-0.2, -0.15) is 0 Å². The molecule has 0 bridgehead atoms. The molecule has 0 saturated heterocycles. The maximum atomic E-state index is 12.7. The lowest BCUT2D eigenvalue weighted by molar-refractivity contribution is 0.0568. The smallest absolute Gasteiger partial charge is 0.411 e.